The summed E-state index contributed by atoms with van der Waals surface area (Å²) in [7, 11) is 1.29. The van der Waals surface area contributed by atoms with Gasteiger partial charge in [-0.25, -0.2) is 9.69 Å². The van der Waals surface area contributed by atoms with Crippen molar-refractivity contribution in [3.05, 3.63) is 29.8 Å². The van der Waals surface area contributed by atoms with E-state index in [0.717, 1.165) is 30.6 Å². The Hall–Kier alpha value is -2.74. The molecule has 0 N–H and O–H groups in total. The highest BCUT2D eigenvalue weighted by atomic mass is 16.5. The van der Waals surface area contributed by atoms with Crippen LogP contribution >= 0.6 is 0 Å². The summed E-state index contributed by atoms with van der Waals surface area (Å²) in [5.74, 6) is -1.37. The monoisotopic (exact) mass is 400 g/mol. The average molecular weight is 400 g/mol. The molecule has 2 unspecified atom stereocenters. The van der Waals surface area contributed by atoms with Crippen LogP contribution in [-0.2, 0) is 23.9 Å². The number of amides is 3. The second-order valence-electron chi connectivity index (χ2n) is 7.73. The minimum Gasteiger partial charge on any atom is -0.465 e. The third-order valence-electron chi connectivity index (χ3n) is 5.68. The summed E-state index contributed by atoms with van der Waals surface area (Å²) in [4.78, 5) is 52.9. The third kappa shape index (κ3) is 3.89. The zero-order valence-corrected chi connectivity index (χ0v) is 16.3. The number of ether oxygens (including phenoxy) is 2. The fourth-order valence-corrected chi connectivity index (χ4v) is 3.94. The van der Waals surface area contributed by atoms with Gasteiger partial charge in [-0.05, 0) is 49.9 Å². The van der Waals surface area contributed by atoms with Gasteiger partial charge in [0.15, 0.2) is 0 Å². The van der Waals surface area contributed by atoms with Gasteiger partial charge in [-0.1, -0.05) is 0 Å². The van der Waals surface area contributed by atoms with Crippen molar-refractivity contribution in [2.75, 3.05) is 25.2 Å². The van der Waals surface area contributed by atoms with Gasteiger partial charge in [0, 0.05) is 19.1 Å². The molecule has 4 rings (SSSR count). The molecule has 3 aliphatic rings. The molecule has 3 amide bonds. The first-order valence-electron chi connectivity index (χ1n) is 9.97. The Bertz CT molecular complexity index is 826. The predicted octanol–water partition coefficient (Wildman–Crippen LogP) is 1.52. The molecule has 8 nitrogen and oxygen atoms in total. The molecule has 0 aromatic heterocycles. The first-order chi connectivity index (χ1) is 14.0. The Morgan fingerprint density at radius 2 is 1.90 bits per heavy atom. The number of benzene rings is 1. The van der Waals surface area contributed by atoms with E-state index in [0.29, 0.717) is 24.4 Å². The Morgan fingerprint density at radius 3 is 2.48 bits per heavy atom. The van der Waals surface area contributed by atoms with Crippen LogP contribution < -0.4 is 4.90 Å². The summed E-state index contributed by atoms with van der Waals surface area (Å²) in [6.07, 6.45) is 3.31. The van der Waals surface area contributed by atoms with Gasteiger partial charge in [-0.3, -0.25) is 14.4 Å². The topological polar surface area (TPSA) is 93.2 Å². The van der Waals surface area contributed by atoms with Crippen LogP contribution in [0.15, 0.2) is 24.3 Å². The molecule has 1 saturated carbocycles. The number of hydrogen-bond acceptors (Lipinski definition) is 6. The number of carbonyl (C=O) groups is 4. The Morgan fingerprint density at radius 1 is 1.17 bits per heavy atom. The third-order valence-corrected chi connectivity index (χ3v) is 5.68. The molecule has 0 radical (unpaired) electrons. The highest BCUT2D eigenvalue weighted by molar-refractivity contribution is 6.23. The van der Waals surface area contributed by atoms with E-state index in [1.54, 1.807) is 4.90 Å². The molecule has 1 aliphatic carbocycles. The maximum Gasteiger partial charge on any atom is 0.337 e. The van der Waals surface area contributed by atoms with E-state index in [2.05, 4.69) is 4.74 Å². The van der Waals surface area contributed by atoms with E-state index in [1.165, 1.54) is 31.4 Å². The Balaban J connectivity index is 1.54. The largest absolute Gasteiger partial charge is 0.465 e. The lowest BCUT2D eigenvalue weighted by molar-refractivity contribution is -0.141. The van der Waals surface area contributed by atoms with Gasteiger partial charge in [0.2, 0.25) is 11.8 Å². The maximum atomic E-state index is 13.1. The number of rotatable bonds is 6. The van der Waals surface area contributed by atoms with E-state index in [1.807, 2.05) is 0 Å². The van der Waals surface area contributed by atoms with E-state index in [-0.39, 0.29) is 30.3 Å². The van der Waals surface area contributed by atoms with Crippen molar-refractivity contribution in [3.63, 3.8) is 0 Å². The molecular weight excluding hydrogens is 376 g/mol. The fraction of sp³-hybridized carbons (Fsp3) is 0.524. The van der Waals surface area contributed by atoms with E-state index in [9.17, 15) is 19.2 Å². The summed E-state index contributed by atoms with van der Waals surface area (Å²) >= 11 is 0. The van der Waals surface area contributed by atoms with Gasteiger partial charge < -0.3 is 14.4 Å². The van der Waals surface area contributed by atoms with Crippen molar-refractivity contribution in [2.24, 2.45) is 5.92 Å². The van der Waals surface area contributed by atoms with Crippen LogP contribution in [0.3, 0.4) is 0 Å². The first kappa shape index (κ1) is 19.6. The molecule has 1 aromatic carbocycles. The Labute approximate surface area is 168 Å². The van der Waals surface area contributed by atoms with Gasteiger partial charge in [0.1, 0.15) is 6.04 Å². The molecule has 2 saturated heterocycles. The van der Waals surface area contributed by atoms with Gasteiger partial charge in [-0.2, -0.15) is 0 Å². The normalized spacial score (nSPS) is 24.1. The lowest BCUT2D eigenvalue weighted by Crippen LogP contribution is -2.49. The minimum atomic E-state index is -0.805. The van der Waals surface area contributed by atoms with Crippen LogP contribution in [0.2, 0.25) is 0 Å². The highest BCUT2D eigenvalue weighted by Crippen LogP contribution is 2.34. The second kappa shape index (κ2) is 7.94. The Kier molecular flexibility index (Phi) is 5.36. The fourth-order valence-electron chi connectivity index (χ4n) is 3.94. The van der Waals surface area contributed by atoms with Crippen LogP contribution in [0, 0.1) is 5.92 Å². The molecule has 29 heavy (non-hydrogen) atoms. The summed E-state index contributed by atoms with van der Waals surface area (Å²) in [5.41, 5.74) is 0.710. The molecule has 2 aliphatic heterocycles. The van der Waals surface area contributed by atoms with Crippen molar-refractivity contribution in [1.82, 2.24) is 4.90 Å². The molecule has 2 atom stereocenters. The second-order valence-corrected chi connectivity index (χ2v) is 7.73. The minimum absolute atomic E-state index is 0.0389. The standard InChI is InChI=1S/C21H24N2O6/c1-28-21(27)14-6-8-15(9-7-14)23-18(24)11-17(20(23)26)22(19(25)13-4-5-13)12-16-3-2-10-29-16/h6-9,13,16-17H,2-5,10-12H2,1H3. The van der Waals surface area contributed by atoms with Crippen LogP contribution in [0.4, 0.5) is 5.69 Å². The number of anilines is 1. The summed E-state index contributed by atoms with van der Waals surface area (Å²) in [6, 6.07) is 5.29. The van der Waals surface area contributed by atoms with Gasteiger partial charge in [0.25, 0.3) is 5.91 Å². The van der Waals surface area contributed by atoms with Crippen LogP contribution in [0.5, 0.6) is 0 Å². The van der Waals surface area contributed by atoms with Crippen molar-refractivity contribution in [1.29, 1.82) is 0 Å². The lowest BCUT2D eigenvalue weighted by Gasteiger charge is -2.30. The van der Waals surface area contributed by atoms with Crippen molar-refractivity contribution in [2.45, 2.75) is 44.2 Å². The molecule has 0 spiro atoms. The molecule has 154 valence electrons. The quantitative estimate of drug-likeness (QED) is 0.531. The lowest BCUT2D eigenvalue weighted by atomic mass is 10.1. The van der Waals surface area contributed by atoms with Gasteiger partial charge in [0.05, 0.1) is 30.9 Å². The number of methoxy groups -OCH3 is 1. The highest BCUT2D eigenvalue weighted by Gasteiger charge is 2.47. The first-order valence-corrected chi connectivity index (χ1v) is 9.97. The van der Waals surface area contributed by atoms with Gasteiger partial charge >= 0.3 is 5.97 Å². The summed E-state index contributed by atoms with van der Waals surface area (Å²) in [5, 5.41) is 0. The number of hydrogen-bond donors (Lipinski definition) is 0. The average Bonchev–Trinajstić information content (AvgIpc) is 3.38. The van der Waals surface area contributed by atoms with Crippen LogP contribution in [0.25, 0.3) is 0 Å². The van der Waals surface area contributed by atoms with Crippen LogP contribution in [-0.4, -0.2) is 61.0 Å². The number of esters is 1. The summed E-state index contributed by atoms with van der Waals surface area (Å²) in [6.45, 7) is 1.00. The smallest absolute Gasteiger partial charge is 0.337 e. The number of carbonyl (C=O) groups excluding carboxylic acids is 4. The molecule has 8 heteroatoms. The maximum absolute atomic E-state index is 13.1. The molecule has 2 heterocycles. The predicted molar refractivity (Wildman–Crippen MR) is 102 cm³/mol. The van der Waals surface area contributed by atoms with E-state index < -0.39 is 17.9 Å². The SMILES string of the molecule is COC(=O)c1ccc(N2C(=O)CC(N(CC3CCCO3)C(=O)C3CC3)C2=O)cc1. The number of nitrogens with zero attached hydrogens (tertiary/aromatic N) is 2. The molecule has 0 bridgehead atoms. The van der Waals surface area contributed by atoms with E-state index >= 15 is 0 Å². The molecule has 3 fully saturated rings. The zero-order valence-electron chi connectivity index (χ0n) is 16.3. The van der Waals surface area contributed by atoms with Crippen molar-refractivity contribution < 1.29 is 28.7 Å². The zero-order chi connectivity index (χ0) is 20.5. The summed E-state index contributed by atoms with van der Waals surface area (Å²) < 4.78 is 10.3. The van der Waals surface area contributed by atoms with Crippen molar-refractivity contribution in [3.8, 4) is 0 Å². The molecule has 1 aromatic rings. The van der Waals surface area contributed by atoms with E-state index in [4.69, 9.17) is 4.74 Å². The number of imide groups is 1. The molecular formula is C21H24N2O6. The van der Waals surface area contributed by atoms with Crippen molar-refractivity contribution >= 4 is 29.4 Å². The van der Waals surface area contributed by atoms with Crippen LogP contribution in [0.1, 0.15) is 42.5 Å². The van der Waals surface area contributed by atoms with Gasteiger partial charge in [-0.15, -0.1) is 0 Å².